The molecule has 14 heteroatoms. The number of nitrogens with zero attached hydrogens (tertiary/aromatic N) is 2. The summed E-state index contributed by atoms with van der Waals surface area (Å²) in [5.41, 5.74) is 17.0. The van der Waals surface area contributed by atoms with E-state index in [2.05, 4.69) is 47.0 Å². The Labute approximate surface area is 419 Å². The zero-order valence-electron chi connectivity index (χ0n) is 41.2. The van der Waals surface area contributed by atoms with E-state index in [9.17, 15) is 19.8 Å². The first-order valence-corrected chi connectivity index (χ1v) is 28.7. The van der Waals surface area contributed by atoms with E-state index in [-0.39, 0.29) is 40.6 Å². The second-order valence-corrected chi connectivity index (χ2v) is 24.1. The lowest BCUT2D eigenvalue weighted by Gasteiger charge is -2.44. The van der Waals surface area contributed by atoms with Gasteiger partial charge in [0.15, 0.2) is 17.5 Å². The number of nitrogens with one attached hydrogen (secondary N) is 2. The molecule has 12 nitrogen and oxygen atoms in total. The molecule has 2 aromatic rings. The third-order valence-electron chi connectivity index (χ3n) is 16.2. The molecule has 6 aliphatic rings. The molecular formula is C55H80N6O6S2. The van der Waals surface area contributed by atoms with Gasteiger partial charge in [-0.3, -0.25) is 14.6 Å². The maximum Gasteiger partial charge on any atom is 0.302 e. The van der Waals surface area contributed by atoms with E-state index in [0.717, 1.165) is 81.1 Å². The van der Waals surface area contributed by atoms with Crippen LogP contribution in [0.2, 0.25) is 0 Å². The normalized spacial score (nSPS) is 29.0. The number of fused-ring (bicyclic) bond motifs is 5. The van der Waals surface area contributed by atoms with E-state index < -0.39 is 17.6 Å². The number of hydrogen-bond acceptors (Lipinski definition) is 13. The maximum atomic E-state index is 14.3. The van der Waals surface area contributed by atoms with E-state index in [1.54, 1.807) is 0 Å². The van der Waals surface area contributed by atoms with Gasteiger partial charge in [-0.1, -0.05) is 89.7 Å². The van der Waals surface area contributed by atoms with Crippen molar-refractivity contribution in [3.05, 3.63) is 82.7 Å². The lowest BCUT2D eigenvalue weighted by molar-refractivity contribution is -0.148. The van der Waals surface area contributed by atoms with Crippen molar-refractivity contribution in [3.63, 3.8) is 0 Å². The highest BCUT2D eigenvalue weighted by Gasteiger charge is 2.57. The Kier molecular flexibility index (Phi) is 17.8. The molecule has 1 amide bonds. The van der Waals surface area contributed by atoms with E-state index in [1.165, 1.54) is 51.0 Å². The minimum absolute atomic E-state index is 0.0167. The Bertz CT molecular complexity index is 2140. The lowest BCUT2D eigenvalue weighted by Crippen LogP contribution is -2.55. The Balaban J connectivity index is 1.09. The zero-order chi connectivity index (χ0) is 48.3. The molecule has 2 aromatic carbocycles. The van der Waals surface area contributed by atoms with Crippen molar-refractivity contribution < 1.29 is 29.3 Å². The van der Waals surface area contributed by atoms with Gasteiger partial charge in [0.25, 0.3) is 0 Å². The van der Waals surface area contributed by atoms with Crippen LogP contribution in [0.5, 0.6) is 11.5 Å². The number of phenolic OH excluding ortho intramolecular Hbond substituents is 1. The average Bonchev–Trinajstić information content (AvgIpc) is 4.14. The van der Waals surface area contributed by atoms with Gasteiger partial charge in [-0.25, -0.2) is 0 Å². The molecule has 5 atom stereocenters. The number of hydrogen-bond donors (Lipinski definition) is 6. The van der Waals surface area contributed by atoms with Crippen molar-refractivity contribution in [2.75, 3.05) is 25.4 Å². The number of benzene rings is 2. The van der Waals surface area contributed by atoms with Gasteiger partial charge in [-0.15, -0.1) is 0 Å². The first kappa shape index (κ1) is 51.3. The Morgan fingerprint density at radius 3 is 2.49 bits per heavy atom. The number of carbonyl (C=O) groups excluding carboxylic acids is 2. The van der Waals surface area contributed by atoms with Crippen molar-refractivity contribution in [2.24, 2.45) is 33.2 Å². The van der Waals surface area contributed by atoms with Crippen LogP contribution >= 0.6 is 21.6 Å². The van der Waals surface area contributed by atoms with Crippen LogP contribution < -0.4 is 26.8 Å². The second-order valence-electron chi connectivity index (χ2n) is 21.5. The molecule has 378 valence electrons. The summed E-state index contributed by atoms with van der Waals surface area (Å²) in [6, 6.07) is 14.7. The number of rotatable bonds is 8. The van der Waals surface area contributed by atoms with Gasteiger partial charge < -0.3 is 46.7 Å². The highest BCUT2D eigenvalue weighted by molar-refractivity contribution is 8.77. The number of ether oxygens (including phenoxy) is 2. The monoisotopic (exact) mass is 985 g/mol. The van der Waals surface area contributed by atoms with Crippen LogP contribution in [-0.2, 0) is 33.7 Å². The van der Waals surface area contributed by atoms with Crippen molar-refractivity contribution in [1.82, 2.24) is 15.5 Å². The second kappa shape index (κ2) is 23.9. The average molecular weight is 985 g/mol. The number of nitrogens with two attached hydrogens (primary N) is 2. The highest BCUT2D eigenvalue weighted by Crippen LogP contribution is 2.63. The number of amides is 1. The van der Waals surface area contributed by atoms with E-state index >= 15 is 0 Å². The van der Waals surface area contributed by atoms with Gasteiger partial charge in [0.2, 0.25) is 5.91 Å². The molecule has 4 bridgehead atoms. The number of aryl methyl sites for hydroxylation is 2. The van der Waals surface area contributed by atoms with E-state index in [4.69, 9.17) is 25.9 Å². The predicted octanol–water partition coefficient (Wildman–Crippen LogP) is 9.71. The smallest absolute Gasteiger partial charge is 0.302 e. The first-order valence-electron chi connectivity index (χ1n) is 26.4. The van der Waals surface area contributed by atoms with E-state index in [1.807, 2.05) is 44.7 Å². The largest absolute Gasteiger partial charge is 0.504 e. The molecule has 4 fully saturated rings. The standard InChI is InChI=1S/C55H80N6O6S2/c1-39(62)66-47-21-20-42-30-44(51(65)48(31-42)67-46-16-7-8-17-46)36-61-38-53(35-50(61)64,34-43-22-28-58-49(56)32-43)27-29-59-52(57)60-55(26-11-25-54(55)23-9-10-24-54)69-68-37-41(14-5-6-15-45(63)33-47)19-18-40-12-3-2-4-13-40/h2-4,12-13,22,30-32,41,45-47,58,63,65H,5-11,14-21,23-29,33-38,56H2,1H3,(H3,57,59,60)/t41-,45+,47-,53-,55-/m1/s1. The molecule has 8 N–H and O–H groups in total. The molecule has 2 spiro atoms. The van der Waals surface area contributed by atoms with E-state index in [0.29, 0.717) is 93.6 Å². The molecule has 3 aliphatic heterocycles. The van der Waals surface area contributed by atoms with Crippen LogP contribution in [0.1, 0.15) is 158 Å². The number of aliphatic imine (C=N–C) groups is 1. The fraction of sp³-hybridized carbons (Fsp3) is 0.655. The summed E-state index contributed by atoms with van der Waals surface area (Å²) >= 11 is 0. The third-order valence-corrected chi connectivity index (χ3v) is 19.6. The van der Waals surface area contributed by atoms with Gasteiger partial charge in [0.05, 0.1) is 18.0 Å². The number of dihydropyridines is 1. The molecule has 3 saturated carbocycles. The lowest BCUT2D eigenvalue weighted by atomic mass is 9.77. The number of aliphatic hydroxyl groups excluding tert-OH is 1. The number of esters is 1. The molecule has 3 aliphatic carbocycles. The van der Waals surface area contributed by atoms with Crippen LogP contribution in [0, 0.1) is 16.7 Å². The van der Waals surface area contributed by atoms with Crippen LogP contribution in [0.25, 0.3) is 0 Å². The molecule has 0 unspecified atom stereocenters. The summed E-state index contributed by atoms with van der Waals surface area (Å²) in [6.45, 7) is 3.26. The third kappa shape index (κ3) is 13.7. The summed E-state index contributed by atoms with van der Waals surface area (Å²) in [7, 11) is 4.02. The summed E-state index contributed by atoms with van der Waals surface area (Å²) in [4.78, 5) is 33.5. The highest BCUT2D eigenvalue weighted by atomic mass is 33.1. The molecule has 1 saturated heterocycles. The van der Waals surface area contributed by atoms with Crippen LogP contribution in [-0.4, -0.2) is 81.5 Å². The number of allylic oxidation sites excluding steroid dienone is 2. The number of carbonyl (C=O) groups is 2. The topological polar surface area (TPSA) is 185 Å². The predicted molar refractivity (Wildman–Crippen MR) is 279 cm³/mol. The van der Waals surface area contributed by atoms with Gasteiger partial charge in [-0.05, 0) is 144 Å². The van der Waals surface area contributed by atoms with Crippen molar-refractivity contribution in [1.29, 1.82) is 0 Å². The Hall–Kier alpha value is -4.01. The summed E-state index contributed by atoms with van der Waals surface area (Å²) < 4.78 is 12.4. The zero-order valence-corrected chi connectivity index (χ0v) is 42.8. The molecule has 69 heavy (non-hydrogen) atoms. The molecule has 0 aromatic heterocycles. The van der Waals surface area contributed by atoms with Gasteiger partial charge in [0.1, 0.15) is 11.0 Å². The van der Waals surface area contributed by atoms with Crippen LogP contribution in [0.3, 0.4) is 0 Å². The fourth-order valence-electron chi connectivity index (χ4n) is 12.6. The number of guanidine groups is 1. The minimum Gasteiger partial charge on any atom is -0.504 e. The Morgan fingerprint density at radius 2 is 1.71 bits per heavy atom. The Morgan fingerprint density at radius 1 is 0.942 bits per heavy atom. The van der Waals surface area contributed by atoms with Crippen molar-refractivity contribution >= 4 is 39.4 Å². The van der Waals surface area contributed by atoms with Crippen LogP contribution in [0.15, 0.2) is 71.0 Å². The fourth-order valence-corrected chi connectivity index (χ4v) is 16.5. The first-order chi connectivity index (χ1) is 33.4. The van der Waals surface area contributed by atoms with Gasteiger partial charge in [-0.2, -0.15) is 0 Å². The SMILES string of the molecule is CC(=O)O[C@@H]1CCc2cc(c(O)c(OC3CCCC3)c2)CN2C[C@@](CC3=CCNC(N)=C3)(CCN=C(N)N[C@]3(CCCC34CCCC4)SSC[C@@H](CCc3ccccc3)CCCC[C@H](O)C1)CC2=O. The molecule has 8 rings (SSSR count). The maximum absolute atomic E-state index is 14.3. The molecular weight excluding hydrogens is 905 g/mol. The van der Waals surface area contributed by atoms with Crippen molar-refractivity contribution in [2.45, 2.75) is 184 Å². The molecule has 3 heterocycles. The number of aliphatic hydroxyl groups is 1. The number of aromatic hydroxyl groups is 1. The molecule has 0 radical (unpaired) electrons. The van der Waals surface area contributed by atoms with Gasteiger partial charge >= 0.3 is 5.97 Å². The van der Waals surface area contributed by atoms with Crippen molar-refractivity contribution in [3.8, 4) is 11.5 Å². The number of phenols is 1. The summed E-state index contributed by atoms with van der Waals surface area (Å²) in [5.74, 6) is 2.83. The minimum atomic E-state index is -0.603. The van der Waals surface area contributed by atoms with Gasteiger partial charge in [0, 0.05) is 68.1 Å². The quantitative estimate of drug-likeness (QED) is 0.109. The summed E-state index contributed by atoms with van der Waals surface area (Å²) in [6.07, 6.45) is 24.3. The summed E-state index contributed by atoms with van der Waals surface area (Å²) in [5, 5.41) is 30.4. The van der Waals surface area contributed by atoms with Crippen LogP contribution in [0.4, 0.5) is 0 Å².